The van der Waals surface area contributed by atoms with Gasteiger partial charge in [0.15, 0.2) is 5.65 Å². The predicted octanol–water partition coefficient (Wildman–Crippen LogP) is 3.83. The van der Waals surface area contributed by atoms with Crippen molar-refractivity contribution in [1.29, 1.82) is 0 Å². The molecule has 0 atom stereocenters. The second kappa shape index (κ2) is 6.03. The standard InChI is InChI=1S/C21H16N4O2S/c1-24-21-16(13-23-24)11-15(12-22-21)19-14-25(20-10-6-5-9-18(19)20)28(26,27)17-7-3-2-4-8-17/h2-14H,1H3. The predicted molar refractivity (Wildman–Crippen MR) is 108 cm³/mol. The first kappa shape index (κ1) is 16.7. The number of hydrogen-bond donors (Lipinski definition) is 0. The lowest BCUT2D eigenvalue weighted by atomic mass is 10.1. The number of nitrogens with zero attached hydrogens (tertiary/aromatic N) is 4. The van der Waals surface area contributed by atoms with Crippen LogP contribution in [0.2, 0.25) is 0 Å². The van der Waals surface area contributed by atoms with E-state index in [0.29, 0.717) is 5.52 Å². The van der Waals surface area contributed by atoms with Crippen molar-refractivity contribution in [3.63, 3.8) is 0 Å². The highest BCUT2D eigenvalue weighted by Crippen LogP contribution is 2.33. The summed E-state index contributed by atoms with van der Waals surface area (Å²) in [6, 6.07) is 17.9. The molecule has 5 rings (SSSR count). The summed E-state index contributed by atoms with van der Waals surface area (Å²) >= 11 is 0. The lowest BCUT2D eigenvalue weighted by molar-refractivity contribution is 0.589. The number of rotatable bonds is 3. The van der Waals surface area contributed by atoms with Gasteiger partial charge in [-0.1, -0.05) is 36.4 Å². The van der Waals surface area contributed by atoms with E-state index in [9.17, 15) is 8.42 Å². The zero-order chi connectivity index (χ0) is 19.3. The van der Waals surface area contributed by atoms with E-state index in [4.69, 9.17) is 0 Å². The van der Waals surface area contributed by atoms with E-state index in [1.165, 1.54) is 3.97 Å². The molecule has 0 radical (unpaired) electrons. The van der Waals surface area contributed by atoms with E-state index in [2.05, 4.69) is 10.1 Å². The van der Waals surface area contributed by atoms with Crippen molar-refractivity contribution in [2.24, 2.45) is 7.05 Å². The summed E-state index contributed by atoms with van der Waals surface area (Å²) in [6.45, 7) is 0. The highest BCUT2D eigenvalue weighted by Gasteiger charge is 2.21. The molecule has 0 bridgehead atoms. The van der Waals surface area contributed by atoms with Crippen LogP contribution >= 0.6 is 0 Å². The van der Waals surface area contributed by atoms with Crippen LogP contribution in [-0.4, -0.2) is 27.2 Å². The summed E-state index contributed by atoms with van der Waals surface area (Å²) in [5, 5.41) is 5.99. The molecule has 0 spiro atoms. The summed E-state index contributed by atoms with van der Waals surface area (Å²) < 4.78 is 29.5. The third-order valence-corrected chi connectivity index (χ3v) is 6.55. The molecule has 138 valence electrons. The quantitative estimate of drug-likeness (QED) is 0.471. The number of pyridine rings is 1. The Bertz CT molecular complexity index is 1430. The molecule has 0 aliphatic heterocycles. The second-order valence-corrected chi connectivity index (χ2v) is 8.39. The minimum absolute atomic E-state index is 0.253. The number of aromatic nitrogens is 4. The van der Waals surface area contributed by atoms with Crippen molar-refractivity contribution < 1.29 is 8.42 Å². The molecular formula is C21H16N4O2S. The number of aryl methyl sites for hydroxylation is 1. The molecular weight excluding hydrogens is 372 g/mol. The minimum atomic E-state index is -3.71. The molecule has 0 amide bonds. The zero-order valence-electron chi connectivity index (χ0n) is 15.0. The van der Waals surface area contributed by atoms with Gasteiger partial charge in [-0.25, -0.2) is 17.4 Å². The molecule has 0 saturated heterocycles. The monoisotopic (exact) mass is 388 g/mol. The van der Waals surface area contributed by atoms with Gasteiger partial charge in [0.2, 0.25) is 0 Å². The Labute approximate surface area is 161 Å². The molecule has 3 aromatic heterocycles. The molecule has 0 unspecified atom stereocenters. The highest BCUT2D eigenvalue weighted by atomic mass is 32.2. The maximum Gasteiger partial charge on any atom is 0.268 e. The van der Waals surface area contributed by atoms with E-state index in [1.807, 2.05) is 37.4 Å². The zero-order valence-corrected chi connectivity index (χ0v) is 15.8. The summed E-state index contributed by atoms with van der Waals surface area (Å²) in [4.78, 5) is 4.75. The van der Waals surface area contributed by atoms with Crippen molar-refractivity contribution in [1.82, 2.24) is 18.7 Å². The fraction of sp³-hybridized carbons (Fsp3) is 0.0476. The molecule has 2 aromatic carbocycles. The van der Waals surface area contributed by atoms with Crippen LogP contribution in [0.25, 0.3) is 33.1 Å². The van der Waals surface area contributed by atoms with Crippen LogP contribution in [0.4, 0.5) is 0 Å². The topological polar surface area (TPSA) is 69.8 Å². The Morgan fingerprint density at radius 1 is 0.929 bits per heavy atom. The van der Waals surface area contributed by atoms with Crippen LogP contribution in [0.1, 0.15) is 0 Å². The highest BCUT2D eigenvalue weighted by molar-refractivity contribution is 7.90. The van der Waals surface area contributed by atoms with Gasteiger partial charge in [0.25, 0.3) is 10.0 Å². The van der Waals surface area contributed by atoms with E-state index in [-0.39, 0.29) is 4.90 Å². The van der Waals surface area contributed by atoms with Crippen molar-refractivity contribution >= 4 is 32.0 Å². The van der Waals surface area contributed by atoms with Gasteiger partial charge < -0.3 is 0 Å². The third-order valence-electron chi connectivity index (χ3n) is 4.86. The molecule has 0 aliphatic rings. The normalized spacial score (nSPS) is 12.0. The van der Waals surface area contributed by atoms with Crippen molar-refractivity contribution in [3.05, 3.63) is 79.3 Å². The van der Waals surface area contributed by atoms with Crippen LogP contribution in [0.5, 0.6) is 0 Å². The number of fused-ring (bicyclic) bond motifs is 2. The van der Waals surface area contributed by atoms with E-state index in [0.717, 1.165) is 27.5 Å². The fourth-order valence-electron chi connectivity index (χ4n) is 3.48. The van der Waals surface area contributed by atoms with Crippen LogP contribution in [0, 0.1) is 0 Å². The Balaban J connectivity index is 1.77. The molecule has 0 fully saturated rings. The molecule has 6 nitrogen and oxygen atoms in total. The van der Waals surface area contributed by atoms with E-state index in [1.54, 1.807) is 53.6 Å². The number of hydrogen-bond acceptors (Lipinski definition) is 4. The first-order valence-corrected chi connectivity index (χ1v) is 10.2. The van der Waals surface area contributed by atoms with E-state index >= 15 is 0 Å². The van der Waals surface area contributed by atoms with Gasteiger partial charge in [0, 0.05) is 41.3 Å². The molecule has 5 aromatic rings. The van der Waals surface area contributed by atoms with Crippen molar-refractivity contribution in [2.75, 3.05) is 0 Å². The smallest absolute Gasteiger partial charge is 0.250 e. The summed E-state index contributed by atoms with van der Waals surface area (Å²) in [5.41, 5.74) is 3.07. The lowest BCUT2D eigenvalue weighted by Crippen LogP contribution is -2.11. The van der Waals surface area contributed by atoms with Crippen LogP contribution in [-0.2, 0) is 17.1 Å². The van der Waals surface area contributed by atoms with Gasteiger partial charge in [-0.05, 0) is 24.3 Å². The van der Waals surface area contributed by atoms with Crippen molar-refractivity contribution in [2.45, 2.75) is 4.90 Å². The lowest BCUT2D eigenvalue weighted by Gasteiger charge is -2.07. The van der Waals surface area contributed by atoms with Gasteiger partial charge in [0.05, 0.1) is 16.6 Å². The number of benzene rings is 2. The van der Waals surface area contributed by atoms with Gasteiger partial charge in [-0.15, -0.1) is 0 Å². The second-order valence-electron chi connectivity index (χ2n) is 6.58. The third kappa shape index (κ3) is 2.44. The Hall–Kier alpha value is -3.45. The Kier molecular flexibility index (Phi) is 3.60. The van der Waals surface area contributed by atoms with E-state index < -0.39 is 10.0 Å². The molecule has 0 aliphatic carbocycles. The Morgan fingerprint density at radius 3 is 2.50 bits per heavy atom. The van der Waals surface area contributed by atoms with Crippen LogP contribution in [0.15, 0.2) is 84.1 Å². The van der Waals surface area contributed by atoms with Gasteiger partial charge in [0.1, 0.15) is 0 Å². The summed E-state index contributed by atoms with van der Waals surface area (Å²) in [5.74, 6) is 0. The van der Waals surface area contributed by atoms with Crippen LogP contribution in [0.3, 0.4) is 0 Å². The molecule has 3 heterocycles. The largest absolute Gasteiger partial charge is 0.268 e. The SMILES string of the molecule is Cn1ncc2cc(-c3cn(S(=O)(=O)c4ccccc4)c4ccccc34)cnc21. The average molecular weight is 388 g/mol. The number of para-hydroxylation sites is 1. The van der Waals surface area contributed by atoms with Gasteiger partial charge in [-0.2, -0.15) is 5.10 Å². The minimum Gasteiger partial charge on any atom is -0.250 e. The maximum absolute atomic E-state index is 13.2. The molecule has 28 heavy (non-hydrogen) atoms. The van der Waals surface area contributed by atoms with Gasteiger partial charge >= 0.3 is 0 Å². The Morgan fingerprint density at radius 2 is 1.68 bits per heavy atom. The first-order valence-electron chi connectivity index (χ1n) is 8.74. The van der Waals surface area contributed by atoms with Gasteiger partial charge in [-0.3, -0.25) is 4.68 Å². The molecule has 0 N–H and O–H groups in total. The molecule has 7 heteroatoms. The summed E-state index contributed by atoms with van der Waals surface area (Å²) in [6.07, 6.45) is 5.18. The summed E-state index contributed by atoms with van der Waals surface area (Å²) in [7, 11) is -1.87. The molecule has 0 saturated carbocycles. The van der Waals surface area contributed by atoms with Crippen molar-refractivity contribution in [3.8, 4) is 11.1 Å². The maximum atomic E-state index is 13.2. The first-order chi connectivity index (χ1) is 13.6. The van der Waals surface area contributed by atoms with Crippen LogP contribution < -0.4 is 0 Å². The average Bonchev–Trinajstić information content (AvgIpc) is 3.30. The fourth-order valence-corrected chi connectivity index (χ4v) is 4.87.